The monoisotopic (exact) mass is 284 g/mol. The number of aliphatic hydroxyl groups excluding tert-OH is 1. The van der Waals surface area contributed by atoms with Crippen LogP contribution < -0.4 is 4.74 Å². The highest BCUT2D eigenvalue weighted by Gasteiger charge is 2.21. The Balaban J connectivity index is 2.00. The van der Waals surface area contributed by atoms with E-state index in [1.54, 1.807) is 6.92 Å². The van der Waals surface area contributed by atoms with Crippen LogP contribution in [0.4, 0.5) is 0 Å². The molecule has 0 heterocycles. The first-order valence-electron chi connectivity index (χ1n) is 5.77. The minimum atomic E-state index is -0.482. The highest BCUT2D eigenvalue weighted by molar-refractivity contribution is 9.10. The highest BCUT2D eigenvalue weighted by Crippen LogP contribution is 2.33. The van der Waals surface area contributed by atoms with E-state index in [1.807, 2.05) is 18.2 Å². The Hall–Kier alpha value is -0.540. The molecule has 16 heavy (non-hydrogen) atoms. The maximum absolute atomic E-state index is 9.62. The van der Waals surface area contributed by atoms with Gasteiger partial charge >= 0.3 is 0 Å². The maximum Gasteiger partial charge on any atom is 0.126 e. The molecule has 2 nitrogen and oxygen atoms in total. The molecule has 0 radical (unpaired) electrons. The summed E-state index contributed by atoms with van der Waals surface area (Å²) >= 11 is 3.42. The lowest BCUT2D eigenvalue weighted by Crippen LogP contribution is -2.03. The van der Waals surface area contributed by atoms with Gasteiger partial charge in [-0.2, -0.15) is 0 Å². The molecule has 0 amide bonds. The first kappa shape index (κ1) is 11.9. The molecule has 0 bridgehead atoms. The third kappa shape index (κ3) is 3.22. The molecule has 1 fully saturated rings. The molecular formula is C13H17BrO2. The molecule has 1 atom stereocenters. The van der Waals surface area contributed by atoms with Crippen molar-refractivity contribution >= 4 is 15.9 Å². The number of aliphatic hydroxyl groups is 1. The topological polar surface area (TPSA) is 29.5 Å². The SMILES string of the molecule is C[C@H](O)c1ccc(Br)cc1OCCC1CC1. The van der Waals surface area contributed by atoms with Gasteiger partial charge in [-0.25, -0.2) is 0 Å². The van der Waals surface area contributed by atoms with Gasteiger partial charge in [0.25, 0.3) is 0 Å². The lowest BCUT2D eigenvalue weighted by Gasteiger charge is -2.13. The number of halogens is 1. The van der Waals surface area contributed by atoms with Gasteiger partial charge in [-0.1, -0.05) is 34.8 Å². The molecule has 1 aliphatic rings. The van der Waals surface area contributed by atoms with Crippen molar-refractivity contribution in [1.82, 2.24) is 0 Å². The summed E-state index contributed by atoms with van der Waals surface area (Å²) in [5.41, 5.74) is 0.860. The summed E-state index contributed by atoms with van der Waals surface area (Å²) in [7, 11) is 0. The highest BCUT2D eigenvalue weighted by atomic mass is 79.9. The Kier molecular flexibility index (Phi) is 3.87. The second kappa shape index (κ2) is 5.19. The number of ether oxygens (including phenoxy) is 1. The summed E-state index contributed by atoms with van der Waals surface area (Å²) in [5.74, 6) is 1.67. The van der Waals surface area contributed by atoms with Crippen molar-refractivity contribution in [3.05, 3.63) is 28.2 Å². The second-order valence-corrected chi connectivity index (χ2v) is 5.35. The molecule has 88 valence electrons. The first-order valence-corrected chi connectivity index (χ1v) is 6.56. The van der Waals surface area contributed by atoms with Crippen LogP contribution >= 0.6 is 15.9 Å². The number of benzene rings is 1. The lowest BCUT2D eigenvalue weighted by molar-refractivity contribution is 0.190. The van der Waals surface area contributed by atoms with E-state index in [0.29, 0.717) is 0 Å². The zero-order chi connectivity index (χ0) is 11.5. The Morgan fingerprint density at radius 1 is 1.50 bits per heavy atom. The van der Waals surface area contributed by atoms with Crippen molar-refractivity contribution < 1.29 is 9.84 Å². The molecule has 1 aromatic rings. The third-order valence-electron chi connectivity index (χ3n) is 2.91. The fraction of sp³-hybridized carbons (Fsp3) is 0.538. The van der Waals surface area contributed by atoms with Crippen molar-refractivity contribution in [2.24, 2.45) is 5.92 Å². The van der Waals surface area contributed by atoms with Crippen molar-refractivity contribution in [3.63, 3.8) is 0 Å². The summed E-state index contributed by atoms with van der Waals surface area (Å²) in [5, 5.41) is 9.62. The summed E-state index contributed by atoms with van der Waals surface area (Å²) in [6.07, 6.45) is 3.35. The van der Waals surface area contributed by atoms with Crippen molar-refractivity contribution in [3.8, 4) is 5.75 Å². The molecule has 1 aliphatic carbocycles. The van der Waals surface area contributed by atoms with E-state index in [1.165, 1.54) is 12.8 Å². The minimum Gasteiger partial charge on any atom is -0.493 e. The predicted molar refractivity (Wildman–Crippen MR) is 67.6 cm³/mol. The molecule has 1 aromatic carbocycles. The van der Waals surface area contributed by atoms with Crippen LogP contribution in [-0.2, 0) is 0 Å². The Morgan fingerprint density at radius 2 is 2.25 bits per heavy atom. The van der Waals surface area contributed by atoms with Crippen molar-refractivity contribution in [2.45, 2.75) is 32.3 Å². The van der Waals surface area contributed by atoms with Crippen molar-refractivity contribution in [1.29, 1.82) is 0 Å². The van der Waals surface area contributed by atoms with Gasteiger partial charge in [-0.3, -0.25) is 0 Å². The van der Waals surface area contributed by atoms with E-state index in [2.05, 4.69) is 15.9 Å². The Morgan fingerprint density at radius 3 is 2.88 bits per heavy atom. The molecule has 0 spiro atoms. The number of hydrogen-bond acceptors (Lipinski definition) is 2. The van der Waals surface area contributed by atoms with Crippen LogP contribution in [0, 0.1) is 5.92 Å². The van der Waals surface area contributed by atoms with Gasteiger partial charge in [0.1, 0.15) is 5.75 Å². The first-order chi connectivity index (χ1) is 7.66. The minimum absolute atomic E-state index is 0.482. The average molecular weight is 285 g/mol. The molecule has 0 aromatic heterocycles. The van der Waals surface area contributed by atoms with Crippen LogP contribution in [-0.4, -0.2) is 11.7 Å². The average Bonchev–Trinajstić information content (AvgIpc) is 3.01. The van der Waals surface area contributed by atoms with E-state index in [-0.39, 0.29) is 0 Å². The summed E-state index contributed by atoms with van der Waals surface area (Å²) in [4.78, 5) is 0. The third-order valence-corrected chi connectivity index (χ3v) is 3.40. The second-order valence-electron chi connectivity index (χ2n) is 4.44. The van der Waals surface area contributed by atoms with Gasteiger partial charge in [0.15, 0.2) is 0 Å². The zero-order valence-electron chi connectivity index (χ0n) is 9.45. The molecule has 0 unspecified atom stereocenters. The molecule has 3 heteroatoms. The van der Waals surface area contributed by atoms with Gasteiger partial charge in [0.05, 0.1) is 12.7 Å². The van der Waals surface area contributed by atoms with Crippen LogP contribution in [0.25, 0.3) is 0 Å². The molecule has 0 saturated heterocycles. The van der Waals surface area contributed by atoms with E-state index in [9.17, 15) is 5.11 Å². The summed E-state index contributed by atoms with van der Waals surface area (Å²) in [6, 6.07) is 5.76. The van der Waals surface area contributed by atoms with Crippen LogP contribution in [0.15, 0.2) is 22.7 Å². The largest absolute Gasteiger partial charge is 0.493 e. The van der Waals surface area contributed by atoms with Gasteiger partial charge in [0.2, 0.25) is 0 Å². The summed E-state index contributed by atoms with van der Waals surface area (Å²) in [6.45, 7) is 2.51. The van der Waals surface area contributed by atoms with Crippen LogP contribution in [0.1, 0.15) is 37.9 Å². The standard InChI is InChI=1S/C13H17BrO2/c1-9(15)12-5-4-11(14)8-13(12)16-7-6-10-2-3-10/h4-5,8-10,15H,2-3,6-7H2,1H3/t9-/m0/s1. The lowest BCUT2D eigenvalue weighted by atomic mass is 10.1. The van der Waals surface area contributed by atoms with Crippen LogP contribution in [0.3, 0.4) is 0 Å². The van der Waals surface area contributed by atoms with Gasteiger partial charge in [-0.05, 0) is 31.4 Å². The number of rotatable bonds is 5. The molecule has 0 aliphatic heterocycles. The fourth-order valence-corrected chi connectivity index (χ4v) is 2.06. The van der Waals surface area contributed by atoms with E-state index >= 15 is 0 Å². The van der Waals surface area contributed by atoms with Crippen LogP contribution in [0.5, 0.6) is 5.75 Å². The van der Waals surface area contributed by atoms with E-state index in [0.717, 1.165) is 34.7 Å². The Labute approximate surface area is 105 Å². The molecule has 2 rings (SSSR count). The van der Waals surface area contributed by atoms with Gasteiger partial charge in [-0.15, -0.1) is 0 Å². The Bertz CT molecular complexity index is 359. The van der Waals surface area contributed by atoms with Crippen molar-refractivity contribution in [2.75, 3.05) is 6.61 Å². The quantitative estimate of drug-likeness (QED) is 0.894. The fourth-order valence-electron chi connectivity index (χ4n) is 1.72. The van der Waals surface area contributed by atoms with Crippen LogP contribution in [0.2, 0.25) is 0 Å². The smallest absolute Gasteiger partial charge is 0.126 e. The van der Waals surface area contributed by atoms with Gasteiger partial charge in [0, 0.05) is 10.0 Å². The normalized spacial score (nSPS) is 17.2. The molecule has 1 saturated carbocycles. The zero-order valence-corrected chi connectivity index (χ0v) is 11.0. The summed E-state index contributed by atoms with van der Waals surface area (Å²) < 4.78 is 6.72. The number of hydrogen-bond donors (Lipinski definition) is 1. The van der Waals surface area contributed by atoms with Gasteiger partial charge < -0.3 is 9.84 Å². The predicted octanol–water partition coefficient (Wildman–Crippen LogP) is 3.68. The molecular weight excluding hydrogens is 268 g/mol. The molecule has 1 N–H and O–H groups in total. The maximum atomic E-state index is 9.62. The van der Waals surface area contributed by atoms with E-state index < -0.39 is 6.10 Å². The van der Waals surface area contributed by atoms with E-state index in [4.69, 9.17) is 4.74 Å².